The Morgan fingerprint density at radius 3 is 2.59 bits per heavy atom. The number of likely N-dealkylation sites (N-methyl/N-ethyl adjacent to an activating group) is 1. The smallest absolute Gasteiger partial charge is 0.340 e. The second-order valence-corrected chi connectivity index (χ2v) is 7.88. The molecule has 0 spiro atoms. The van der Waals surface area contributed by atoms with Crippen molar-refractivity contribution in [3.8, 4) is 0 Å². The number of rotatable bonds is 5. The van der Waals surface area contributed by atoms with Crippen molar-refractivity contribution in [2.45, 2.75) is 58.9 Å². The largest absolute Gasteiger partial charge is 0.462 e. The Morgan fingerprint density at radius 1 is 1.19 bits per heavy atom. The summed E-state index contributed by atoms with van der Waals surface area (Å²) in [7, 11) is 0. The van der Waals surface area contributed by atoms with Gasteiger partial charge in [-0.25, -0.2) is 4.79 Å². The summed E-state index contributed by atoms with van der Waals surface area (Å²) >= 11 is 0. The minimum Gasteiger partial charge on any atom is -0.462 e. The molecule has 148 valence electrons. The number of amides is 1. The minimum atomic E-state index is -0.344. The van der Waals surface area contributed by atoms with E-state index in [4.69, 9.17) is 4.74 Å². The molecule has 0 aliphatic carbocycles. The number of aryl methyl sites for hydroxylation is 1. The number of carbonyl (C=O) groups excluding carboxylic acids is 2. The SMILES string of the molecule is CCOC(=O)c1cccc(C)c1N1CCCC([N+]2(CC)CCCCC2)C1=O. The van der Waals surface area contributed by atoms with Crippen LogP contribution in [0.4, 0.5) is 5.69 Å². The zero-order chi connectivity index (χ0) is 19.4. The molecule has 1 aromatic carbocycles. The van der Waals surface area contributed by atoms with E-state index in [2.05, 4.69) is 6.92 Å². The zero-order valence-corrected chi connectivity index (χ0v) is 17.0. The lowest BCUT2D eigenvalue weighted by atomic mass is 9.94. The van der Waals surface area contributed by atoms with E-state index in [1.165, 1.54) is 19.3 Å². The molecule has 1 atom stereocenters. The van der Waals surface area contributed by atoms with Crippen LogP contribution in [-0.2, 0) is 9.53 Å². The van der Waals surface area contributed by atoms with Crippen molar-refractivity contribution in [3.63, 3.8) is 0 Å². The summed E-state index contributed by atoms with van der Waals surface area (Å²) in [6.45, 7) is 10.2. The molecule has 1 unspecified atom stereocenters. The van der Waals surface area contributed by atoms with Crippen LogP contribution in [0.25, 0.3) is 0 Å². The number of piperidine rings is 2. The number of likely N-dealkylation sites (tertiary alicyclic amines) is 1. The summed E-state index contributed by atoms with van der Waals surface area (Å²) in [6, 6.07) is 5.63. The summed E-state index contributed by atoms with van der Waals surface area (Å²) in [5.41, 5.74) is 2.21. The Labute approximate surface area is 162 Å². The van der Waals surface area contributed by atoms with E-state index in [1.54, 1.807) is 13.0 Å². The molecule has 5 heteroatoms. The highest BCUT2D eigenvalue weighted by molar-refractivity contribution is 6.05. The van der Waals surface area contributed by atoms with Gasteiger partial charge in [0.15, 0.2) is 6.04 Å². The van der Waals surface area contributed by atoms with Gasteiger partial charge in [0.05, 0.1) is 37.5 Å². The topological polar surface area (TPSA) is 46.6 Å². The van der Waals surface area contributed by atoms with E-state index in [-0.39, 0.29) is 17.9 Å². The number of esters is 1. The molecular weight excluding hydrogens is 340 g/mol. The number of hydrogen-bond donors (Lipinski definition) is 0. The second-order valence-electron chi connectivity index (χ2n) is 7.88. The van der Waals surface area contributed by atoms with Crippen molar-refractivity contribution >= 4 is 17.6 Å². The lowest BCUT2D eigenvalue weighted by Gasteiger charge is -2.49. The summed E-state index contributed by atoms with van der Waals surface area (Å²) < 4.78 is 6.17. The van der Waals surface area contributed by atoms with E-state index in [0.29, 0.717) is 18.7 Å². The van der Waals surface area contributed by atoms with Crippen LogP contribution in [0.3, 0.4) is 0 Å². The van der Waals surface area contributed by atoms with Crippen molar-refractivity contribution < 1.29 is 18.8 Å². The number of carbonyl (C=O) groups is 2. The van der Waals surface area contributed by atoms with Gasteiger partial charge >= 0.3 is 5.97 Å². The summed E-state index contributed by atoms with van der Waals surface area (Å²) in [4.78, 5) is 28.0. The van der Waals surface area contributed by atoms with Gasteiger partial charge in [0.1, 0.15) is 0 Å². The number of nitrogens with zero attached hydrogens (tertiary/aromatic N) is 2. The Bertz CT molecular complexity index is 695. The van der Waals surface area contributed by atoms with E-state index in [1.807, 2.05) is 24.0 Å². The molecule has 5 nitrogen and oxygen atoms in total. The molecular formula is C22H33N2O3+. The highest BCUT2D eigenvalue weighted by Crippen LogP contribution is 2.34. The lowest BCUT2D eigenvalue weighted by molar-refractivity contribution is -0.945. The molecule has 2 saturated heterocycles. The van der Waals surface area contributed by atoms with Crippen molar-refractivity contribution in [3.05, 3.63) is 29.3 Å². The summed E-state index contributed by atoms with van der Waals surface area (Å²) in [5.74, 6) is -0.159. The maximum atomic E-state index is 13.6. The van der Waals surface area contributed by atoms with Crippen LogP contribution < -0.4 is 4.90 Å². The van der Waals surface area contributed by atoms with Crippen LogP contribution >= 0.6 is 0 Å². The Kier molecular flexibility index (Phi) is 6.20. The first-order valence-electron chi connectivity index (χ1n) is 10.5. The van der Waals surface area contributed by atoms with Crippen molar-refractivity contribution in [2.24, 2.45) is 0 Å². The molecule has 0 saturated carbocycles. The van der Waals surface area contributed by atoms with Crippen molar-refractivity contribution in [1.82, 2.24) is 0 Å². The Hall–Kier alpha value is -1.88. The fraction of sp³-hybridized carbons (Fsp3) is 0.636. The number of ether oxygens (including phenoxy) is 1. The number of benzene rings is 1. The fourth-order valence-electron chi connectivity index (χ4n) is 4.97. The molecule has 0 radical (unpaired) electrons. The van der Waals surface area contributed by atoms with Gasteiger partial charge < -0.3 is 14.1 Å². The van der Waals surface area contributed by atoms with Crippen molar-refractivity contribution in [1.29, 1.82) is 0 Å². The van der Waals surface area contributed by atoms with Crippen LogP contribution in [0.15, 0.2) is 18.2 Å². The third kappa shape index (κ3) is 3.75. The monoisotopic (exact) mass is 373 g/mol. The highest BCUT2D eigenvalue weighted by Gasteiger charge is 2.46. The molecule has 27 heavy (non-hydrogen) atoms. The third-order valence-electron chi connectivity index (χ3n) is 6.41. The molecule has 2 heterocycles. The van der Waals surface area contributed by atoms with Gasteiger partial charge in [0.2, 0.25) is 0 Å². The minimum absolute atomic E-state index is 0.0127. The maximum absolute atomic E-state index is 13.6. The first-order chi connectivity index (χ1) is 13.0. The molecule has 2 aliphatic rings. The predicted octanol–water partition coefficient (Wildman–Crippen LogP) is 3.69. The average Bonchev–Trinajstić information content (AvgIpc) is 2.69. The van der Waals surface area contributed by atoms with Gasteiger partial charge in [0, 0.05) is 13.0 Å². The van der Waals surface area contributed by atoms with Gasteiger partial charge in [-0.15, -0.1) is 0 Å². The Balaban J connectivity index is 1.96. The van der Waals surface area contributed by atoms with Crippen LogP contribution in [0.2, 0.25) is 0 Å². The van der Waals surface area contributed by atoms with Crippen LogP contribution in [0.5, 0.6) is 0 Å². The second kappa shape index (κ2) is 8.42. The van der Waals surface area contributed by atoms with Gasteiger partial charge in [0.25, 0.3) is 5.91 Å². The van der Waals surface area contributed by atoms with Crippen LogP contribution in [0.1, 0.15) is 61.9 Å². The summed E-state index contributed by atoms with van der Waals surface area (Å²) in [6.07, 6.45) is 5.61. The van der Waals surface area contributed by atoms with E-state index in [0.717, 1.165) is 48.2 Å². The normalized spacial score (nSPS) is 22.6. The van der Waals surface area contributed by atoms with Gasteiger partial charge in [-0.2, -0.15) is 0 Å². The van der Waals surface area contributed by atoms with Gasteiger partial charge in [-0.3, -0.25) is 4.79 Å². The Morgan fingerprint density at radius 2 is 1.93 bits per heavy atom. The van der Waals surface area contributed by atoms with Crippen molar-refractivity contribution in [2.75, 3.05) is 37.7 Å². The predicted molar refractivity (Wildman–Crippen MR) is 107 cm³/mol. The molecule has 3 rings (SSSR count). The first kappa shape index (κ1) is 19.9. The molecule has 0 N–H and O–H groups in total. The fourth-order valence-corrected chi connectivity index (χ4v) is 4.97. The number of hydrogen-bond acceptors (Lipinski definition) is 3. The molecule has 0 bridgehead atoms. The standard InChI is InChI=1S/C22H33N2O3/c1-4-24(15-7-6-8-16-24)19-13-10-14-23(21(19)25)20-17(3)11-9-12-18(20)22(26)27-5-2/h9,11-12,19H,4-8,10,13-16H2,1-3H3/q+1. The number of para-hydroxylation sites is 1. The average molecular weight is 374 g/mol. The number of quaternary nitrogens is 1. The molecule has 1 aromatic rings. The molecule has 0 aromatic heterocycles. The van der Waals surface area contributed by atoms with E-state index in [9.17, 15) is 9.59 Å². The first-order valence-corrected chi connectivity index (χ1v) is 10.5. The third-order valence-corrected chi connectivity index (χ3v) is 6.41. The summed E-state index contributed by atoms with van der Waals surface area (Å²) in [5, 5.41) is 0. The van der Waals surface area contributed by atoms with Gasteiger partial charge in [-0.1, -0.05) is 12.1 Å². The molecule has 2 aliphatic heterocycles. The molecule has 2 fully saturated rings. The van der Waals surface area contributed by atoms with E-state index >= 15 is 0 Å². The van der Waals surface area contributed by atoms with Crippen LogP contribution in [0, 0.1) is 6.92 Å². The quantitative estimate of drug-likeness (QED) is 0.584. The zero-order valence-electron chi connectivity index (χ0n) is 17.0. The van der Waals surface area contributed by atoms with Crippen LogP contribution in [-0.4, -0.2) is 55.2 Å². The van der Waals surface area contributed by atoms with Gasteiger partial charge in [-0.05, 0) is 58.1 Å². The maximum Gasteiger partial charge on any atom is 0.340 e. The number of anilines is 1. The van der Waals surface area contributed by atoms with E-state index < -0.39 is 0 Å². The highest BCUT2D eigenvalue weighted by atomic mass is 16.5. The molecule has 1 amide bonds. The lowest BCUT2D eigenvalue weighted by Crippen LogP contribution is -2.65.